The van der Waals surface area contributed by atoms with Crippen LogP contribution in [0.1, 0.15) is 30.5 Å². The Morgan fingerprint density at radius 2 is 2.16 bits per heavy atom. The molecule has 2 rings (SSSR count). The summed E-state index contributed by atoms with van der Waals surface area (Å²) in [5, 5.41) is 0. The van der Waals surface area contributed by atoms with Gasteiger partial charge in [-0.2, -0.15) is 0 Å². The van der Waals surface area contributed by atoms with E-state index in [1.54, 1.807) is 7.11 Å². The van der Waals surface area contributed by atoms with Crippen LogP contribution in [-0.2, 0) is 6.54 Å². The Bertz CT molecular complexity index is 551. The number of halogens is 1. The molecule has 4 heteroatoms. The van der Waals surface area contributed by atoms with Crippen LogP contribution < -0.4 is 10.5 Å². The molecule has 0 saturated carbocycles. The lowest BCUT2D eigenvalue weighted by atomic mass is 10.1. The summed E-state index contributed by atoms with van der Waals surface area (Å²) in [5.74, 6) is 0.901. The summed E-state index contributed by atoms with van der Waals surface area (Å²) in [5.41, 5.74) is 8.36. The minimum absolute atomic E-state index is 0.116. The van der Waals surface area contributed by atoms with E-state index in [4.69, 9.17) is 10.5 Å². The van der Waals surface area contributed by atoms with Crippen molar-refractivity contribution in [2.45, 2.75) is 25.9 Å². The topological polar surface area (TPSA) is 40.2 Å². The fourth-order valence-electron chi connectivity index (χ4n) is 2.08. The monoisotopic (exact) mass is 322 g/mol. The van der Waals surface area contributed by atoms with Crippen LogP contribution in [0.4, 0.5) is 0 Å². The second-order valence-electron chi connectivity index (χ2n) is 4.59. The third-order valence-electron chi connectivity index (χ3n) is 3.24. The molecule has 1 atom stereocenters. The molecule has 1 aromatic heterocycles. The van der Waals surface area contributed by atoms with E-state index in [1.165, 1.54) is 5.56 Å². The van der Waals surface area contributed by atoms with Crippen LogP contribution >= 0.6 is 15.9 Å². The number of methoxy groups -OCH3 is 1. The van der Waals surface area contributed by atoms with Crippen molar-refractivity contribution in [2.24, 2.45) is 5.73 Å². The molecule has 0 aliphatic heterocycles. The van der Waals surface area contributed by atoms with Crippen molar-refractivity contribution in [1.29, 1.82) is 0 Å². The lowest BCUT2D eigenvalue weighted by Gasteiger charge is -2.10. The quantitative estimate of drug-likeness (QED) is 0.911. The number of ether oxygens (including phenoxy) is 1. The fraction of sp³-hybridized carbons (Fsp3) is 0.333. The SMILES string of the molecule is CCC(N)c1ccn(Cc2cc(Br)ccc2OC)c1. The average molecular weight is 323 g/mol. The van der Waals surface area contributed by atoms with E-state index in [0.717, 1.165) is 28.8 Å². The highest BCUT2D eigenvalue weighted by atomic mass is 79.9. The molecule has 1 unspecified atom stereocenters. The van der Waals surface area contributed by atoms with Crippen molar-refractivity contribution in [3.05, 3.63) is 52.3 Å². The third-order valence-corrected chi connectivity index (χ3v) is 3.73. The fourth-order valence-corrected chi connectivity index (χ4v) is 2.49. The van der Waals surface area contributed by atoms with Gasteiger partial charge in [-0.1, -0.05) is 22.9 Å². The molecule has 19 heavy (non-hydrogen) atoms. The van der Waals surface area contributed by atoms with Gasteiger partial charge in [-0.05, 0) is 36.2 Å². The molecular weight excluding hydrogens is 304 g/mol. The first-order valence-electron chi connectivity index (χ1n) is 6.37. The summed E-state index contributed by atoms with van der Waals surface area (Å²) in [6.45, 7) is 2.87. The molecule has 0 spiro atoms. The van der Waals surface area contributed by atoms with Gasteiger partial charge in [0.25, 0.3) is 0 Å². The number of hydrogen-bond donors (Lipinski definition) is 1. The highest BCUT2D eigenvalue weighted by Crippen LogP contribution is 2.24. The summed E-state index contributed by atoms with van der Waals surface area (Å²) in [4.78, 5) is 0. The van der Waals surface area contributed by atoms with Gasteiger partial charge in [-0.25, -0.2) is 0 Å². The second kappa shape index (κ2) is 6.26. The Hall–Kier alpha value is -1.26. The van der Waals surface area contributed by atoms with Crippen molar-refractivity contribution >= 4 is 15.9 Å². The molecule has 0 radical (unpaired) electrons. The molecule has 0 amide bonds. The van der Waals surface area contributed by atoms with Gasteiger partial charge in [-0.15, -0.1) is 0 Å². The molecule has 0 fully saturated rings. The Balaban J connectivity index is 2.21. The maximum Gasteiger partial charge on any atom is 0.123 e. The molecule has 3 nitrogen and oxygen atoms in total. The molecule has 2 N–H and O–H groups in total. The van der Waals surface area contributed by atoms with E-state index < -0.39 is 0 Å². The summed E-state index contributed by atoms with van der Waals surface area (Å²) in [7, 11) is 1.70. The van der Waals surface area contributed by atoms with Gasteiger partial charge >= 0.3 is 0 Å². The molecule has 0 saturated heterocycles. The molecular formula is C15H19BrN2O. The number of benzene rings is 1. The van der Waals surface area contributed by atoms with Crippen molar-refractivity contribution in [3.63, 3.8) is 0 Å². The number of aromatic nitrogens is 1. The standard InChI is InChI=1S/C15H19BrN2O/c1-3-14(17)11-6-7-18(9-11)10-12-8-13(16)4-5-15(12)19-2/h4-9,14H,3,10,17H2,1-2H3. The van der Waals surface area contributed by atoms with Gasteiger partial charge in [0.2, 0.25) is 0 Å². The molecule has 102 valence electrons. The second-order valence-corrected chi connectivity index (χ2v) is 5.50. The minimum atomic E-state index is 0.116. The van der Waals surface area contributed by atoms with E-state index in [2.05, 4.69) is 51.9 Å². The third kappa shape index (κ3) is 3.39. The van der Waals surface area contributed by atoms with Crippen LogP contribution in [0.3, 0.4) is 0 Å². The lowest BCUT2D eigenvalue weighted by molar-refractivity contribution is 0.408. The number of nitrogens with zero attached hydrogens (tertiary/aromatic N) is 1. The van der Waals surface area contributed by atoms with E-state index in [1.807, 2.05) is 12.1 Å². The zero-order valence-electron chi connectivity index (χ0n) is 11.3. The summed E-state index contributed by atoms with van der Waals surface area (Å²) in [6.07, 6.45) is 5.12. The van der Waals surface area contributed by atoms with Crippen molar-refractivity contribution < 1.29 is 4.74 Å². The minimum Gasteiger partial charge on any atom is -0.496 e. The van der Waals surface area contributed by atoms with Crippen LogP contribution in [0.15, 0.2) is 41.1 Å². The van der Waals surface area contributed by atoms with Crippen molar-refractivity contribution in [1.82, 2.24) is 4.57 Å². The summed E-state index contributed by atoms with van der Waals surface area (Å²) in [6, 6.07) is 8.24. The van der Waals surface area contributed by atoms with Crippen LogP contribution in [0.5, 0.6) is 5.75 Å². The largest absolute Gasteiger partial charge is 0.496 e. The smallest absolute Gasteiger partial charge is 0.123 e. The predicted molar refractivity (Wildman–Crippen MR) is 81.4 cm³/mol. The number of nitrogens with two attached hydrogens (primary N) is 1. The van der Waals surface area contributed by atoms with Crippen LogP contribution in [0.2, 0.25) is 0 Å². The average Bonchev–Trinajstić information content (AvgIpc) is 2.86. The van der Waals surface area contributed by atoms with E-state index in [-0.39, 0.29) is 6.04 Å². The Morgan fingerprint density at radius 1 is 1.37 bits per heavy atom. The van der Waals surface area contributed by atoms with E-state index in [0.29, 0.717) is 0 Å². The Labute approximate surface area is 122 Å². The summed E-state index contributed by atoms with van der Waals surface area (Å²) < 4.78 is 8.58. The van der Waals surface area contributed by atoms with Crippen LogP contribution in [0, 0.1) is 0 Å². The molecule has 0 bridgehead atoms. The maximum absolute atomic E-state index is 6.04. The van der Waals surface area contributed by atoms with Gasteiger partial charge in [0.15, 0.2) is 0 Å². The summed E-state index contributed by atoms with van der Waals surface area (Å²) >= 11 is 3.49. The molecule has 1 heterocycles. The number of hydrogen-bond acceptors (Lipinski definition) is 2. The zero-order chi connectivity index (χ0) is 13.8. The van der Waals surface area contributed by atoms with Crippen LogP contribution in [0.25, 0.3) is 0 Å². The molecule has 0 aliphatic rings. The van der Waals surface area contributed by atoms with Gasteiger partial charge in [0.1, 0.15) is 5.75 Å². The first kappa shape index (κ1) is 14.2. The molecule has 2 aromatic rings. The Morgan fingerprint density at radius 3 is 2.84 bits per heavy atom. The number of rotatable bonds is 5. The predicted octanol–water partition coefficient (Wildman–Crippen LogP) is 3.72. The van der Waals surface area contributed by atoms with Gasteiger partial charge in [0, 0.05) is 28.5 Å². The van der Waals surface area contributed by atoms with E-state index >= 15 is 0 Å². The maximum atomic E-state index is 6.04. The van der Waals surface area contributed by atoms with Gasteiger partial charge in [0.05, 0.1) is 13.7 Å². The normalized spacial score (nSPS) is 12.4. The van der Waals surface area contributed by atoms with Crippen molar-refractivity contribution in [2.75, 3.05) is 7.11 Å². The molecule has 0 aliphatic carbocycles. The molecule has 1 aromatic carbocycles. The highest BCUT2D eigenvalue weighted by molar-refractivity contribution is 9.10. The first-order valence-corrected chi connectivity index (χ1v) is 7.17. The van der Waals surface area contributed by atoms with Crippen molar-refractivity contribution in [3.8, 4) is 5.75 Å². The van der Waals surface area contributed by atoms with Crippen LogP contribution in [-0.4, -0.2) is 11.7 Å². The van der Waals surface area contributed by atoms with E-state index in [9.17, 15) is 0 Å². The first-order chi connectivity index (χ1) is 9.13. The zero-order valence-corrected chi connectivity index (χ0v) is 12.9. The van der Waals surface area contributed by atoms with Gasteiger partial charge in [-0.3, -0.25) is 0 Å². The van der Waals surface area contributed by atoms with Gasteiger partial charge < -0.3 is 15.0 Å². The Kier molecular flexibility index (Phi) is 4.66. The highest BCUT2D eigenvalue weighted by Gasteiger charge is 2.08. The lowest BCUT2D eigenvalue weighted by Crippen LogP contribution is -2.07.